The van der Waals surface area contributed by atoms with Crippen LogP contribution in [0.1, 0.15) is 5.56 Å². The first kappa shape index (κ1) is 14.1. The fourth-order valence-electron chi connectivity index (χ4n) is 2.40. The molecule has 3 heterocycles. The van der Waals surface area contributed by atoms with Gasteiger partial charge in [-0.15, -0.1) is 0 Å². The van der Waals surface area contributed by atoms with Gasteiger partial charge in [-0.25, -0.2) is 4.98 Å². The molecule has 0 N–H and O–H groups in total. The Morgan fingerprint density at radius 2 is 2.00 bits per heavy atom. The second kappa shape index (κ2) is 6.31. The van der Waals surface area contributed by atoms with Crippen molar-refractivity contribution in [3.05, 3.63) is 44.7 Å². The predicted octanol–water partition coefficient (Wildman–Crippen LogP) is 3.77. The summed E-state index contributed by atoms with van der Waals surface area (Å²) in [6, 6.07) is 3.94. The summed E-state index contributed by atoms with van der Waals surface area (Å²) in [5.74, 6) is 0.839. The Hall–Kier alpha value is -0.810. The lowest BCUT2D eigenvalue weighted by Gasteiger charge is -2.35. The highest BCUT2D eigenvalue weighted by molar-refractivity contribution is 7.07. The van der Waals surface area contributed by atoms with Gasteiger partial charge in [0.25, 0.3) is 0 Å². The molecule has 0 saturated carbocycles. The van der Waals surface area contributed by atoms with Crippen LogP contribution in [0.2, 0.25) is 10.0 Å². The molecule has 0 atom stereocenters. The summed E-state index contributed by atoms with van der Waals surface area (Å²) in [5, 5.41) is 5.55. The summed E-state index contributed by atoms with van der Waals surface area (Å²) >= 11 is 13.9. The van der Waals surface area contributed by atoms with E-state index in [2.05, 4.69) is 31.6 Å². The number of hydrogen-bond acceptors (Lipinski definition) is 4. The zero-order chi connectivity index (χ0) is 13.9. The summed E-state index contributed by atoms with van der Waals surface area (Å²) in [5.41, 5.74) is 1.39. The maximum Gasteiger partial charge on any atom is 0.147 e. The normalized spacial score (nSPS) is 16.6. The topological polar surface area (TPSA) is 19.4 Å². The second-order valence-corrected chi connectivity index (χ2v) is 6.48. The Labute approximate surface area is 132 Å². The van der Waals surface area contributed by atoms with E-state index >= 15 is 0 Å². The van der Waals surface area contributed by atoms with Gasteiger partial charge in [0, 0.05) is 38.9 Å². The highest BCUT2D eigenvalue weighted by atomic mass is 35.5. The van der Waals surface area contributed by atoms with Gasteiger partial charge in [0.1, 0.15) is 5.82 Å². The Kier molecular flexibility index (Phi) is 4.46. The van der Waals surface area contributed by atoms with E-state index in [1.54, 1.807) is 23.6 Å². The van der Waals surface area contributed by atoms with E-state index in [1.807, 2.05) is 0 Å². The molecule has 6 heteroatoms. The van der Waals surface area contributed by atoms with Gasteiger partial charge in [0.05, 0.1) is 10.0 Å². The number of halogens is 2. The molecule has 2 aromatic heterocycles. The van der Waals surface area contributed by atoms with Gasteiger partial charge in [-0.3, -0.25) is 4.90 Å². The van der Waals surface area contributed by atoms with Crippen molar-refractivity contribution in [3.63, 3.8) is 0 Å². The van der Waals surface area contributed by atoms with Crippen molar-refractivity contribution >= 4 is 40.4 Å². The molecule has 1 saturated heterocycles. The van der Waals surface area contributed by atoms with Crippen LogP contribution in [0, 0.1) is 0 Å². The van der Waals surface area contributed by atoms with E-state index in [0.29, 0.717) is 10.0 Å². The van der Waals surface area contributed by atoms with E-state index in [4.69, 9.17) is 23.2 Å². The first-order valence-electron chi connectivity index (χ1n) is 6.52. The van der Waals surface area contributed by atoms with Gasteiger partial charge in [0.15, 0.2) is 0 Å². The minimum absolute atomic E-state index is 0.579. The molecule has 3 rings (SSSR count). The average molecular weight is 328 g/mol. The minimum Gasteiger partial charge on any atom is -0.353 e. The van der Waals surface area contributed by atoms with Crippen LogP contribution in [0.3, 0.4) is 0 Å². The summed E-state index contributed by atoms with van der Waals surface area (Å²) in [4.78, 5) is 9.03. The third-order valence-electron chi connectivity index (χ3n) is 3.45. The fourth-order valence-corrected chi connectivity index (χ4v) is 3.56. The van der Waals surface area contributed by atoms with Crippen LogP contribution in [-0.4, -0.2) is 36.1 Å². The molecule has 106 valence electrons. The van der Waals surface area contributed by atoms with Crippen molar-refractivity contribution in [1.82, 2.24) is 9.88 Å². The van der Waals surface area contributed by atoms with Gasteiger partial charge in [0.2, 0.25) is 0 Å². The molecule has 2 aromatic rings. The quantitative estimate of drug-likeness (QED) is 0.855. The second-order valence-electron chi connectivity index (χ2n) is 4.85. The highest BCUT2D eigenvalue weighted by Gasteiger charge is 2.20. The van der Waals surface area contributed by atoms with Gasteiger partial charge >= 0.3 is 0 Å². The molecule has 1 aliphatic rings. The van der Waals surface area contributed by atoms with Gasteiger partial charge in [-0.1, -0.05) is 23.2 Å². The first-order chi connectivity index (χ1) is 9.72. The molecular formula is C14H15Cl2N3S. The number of aromatic nitrogens is 1. The maximum atomic E-state index is 6.21. The zero-order valence-corrected chi connectivity index (χ0v) is 13.3. The monoisotopic (exact) mass is 327 g/mol. The number of anilines is 1. The zero-order valence-electron chi connectivity index (χ0n) is 10.9. The molecule has 1 aliphatic heterocycles. The van der Waals surface area contributed by atoms with Crippen molar-refractivity contribution in [1.29, 1.82) is 0 Å². The van der Waals surface area contributed by atoms with Crippen molar-refractivity contribution in [3.8, 4) is 0 Å². The van der Waals surface area contributed by atoms with Gasteiger partial charge in [-0.05, 0) is 28.5 Å². The lowest BCUT2D eigenvalue weighted by Crippen LogP contribution is -2.46. The average Bonchev–Trinajstić information content (AvgIpc) is 2.93. The summed E-state index contributed by atoms with van der Waals surface area (Å²) in [7, 11) is 0. The van der Waals surface area contributed by atoms with Crippen molar-refractivity contribution in [2.45, 2.75) is 6.54 Å². The predicted molar refractivity (Wildman–Crippen MR) is 86.1 cm³/mol. The molecule has 0 aromatic carbocycles. The molecule has 0 bridgehead atoms. The standard InChI is InChI=1S/C14H15Cl2N3S/c15-12-7-13(16)14(17-8-12)19-4-2-18(3-5-19)9-11-1-6-20-10-11/h1,6-8,10H,2-5,9H2. The van der Waals surface area contributed by atoms with Crippen molar-refractivity contribution in [2.75, 3.05) is 31.1 Å². The summed E-state index contributed by atoms with van der Waals surface area (Å²) < 4.78 is 0. The smallest absolute Gasteiger partial charge is 0.147 e. The summed E-state index contributed by atoms with van der Waals surface area (Å²) in [6.07, 6.45) is 1.65. The van der Waals surface area contributed by atoms with Crippen LogP contribution in [0.4, 0.5) is 5.82 Å². The molecular weight excluding hydrogens is 313 g/mol. The SMILES string of the molecule is Clc1cnc(N2CCN(Cc3ccsc3)CC2)c(Cl)c1. The Balaban J connectivity index is 1.60. The highest BCUT2D eigenvalue weighted by Crippen LogP contribution is 2.27. The van der Waals surface area contributed by atoms with Gasteiger partial charge in [-0.2, -0.15) is 11.3 Å². The molecule has 0 spiro atoms. The summed E-state index contributed by atoms with van der Waals surface area (Å²) in [6.45, 7) is 4.96. The number of thiophene rings is 1. The third-order valence-corrected chi connectivity index (χ3v) is 4.66. The van der Waals surface area contributed by atoms with E-state index in [-0.39, 0.29) is 0 Å². The molecule has 0 radical (unpaired) electrons. The number of pyridine rings is 1. The van der Waals surface area contributed by atoms with Crippen LogP contribution >= 0.6 is 34.5 Å². The van der Waals surface area contributed by atoms with E-state index in [9.17, 15) is 0 Å². The van der Waals surface area contributed by atoms with Crippen LogP contribution in [-0.2, 0) is 6.54 Å². The van der Waals surface area contributed by atoms with Crippen LogP contribution in [0.5, 0.6) is 0 Å². The molecule has 0 unspecified atom stereocenters. The molecule has 3 nitrogen and oxygen atoms in total. The van der Waals surface area contributed by atoms with E-state index in [1.165, 1.54) is 5.56 Å². The van der Waals surface area contributed by atoms with Crippen LogP contribution in [0.25, 0.3) is 0 Å². The largest absolute Gasteiger partial charge is 0.353 e. The van der Waals surface area contributed by atoms with E-state index < -0.39 is 0 Å². The number of hydrogen-bond donors (Lipinski definition) is 0. The molecule has 0 amide bonds. The Bertz CT molecular complexity index is 566. The van der Waals surface area contributed by atoms with Crippen molar-refractivity contribution < 1.29 is 0 Å². The Morgan fingerprint density at radius 1 is 1.20 bits per heavy atom. The van der Waals surface area contributed by atoms with Gasteiger partial charge < -0.3 is 4.90 Å². The third kappa shape index (κ3) is 3.26. The molecule has 0 aliphatic carbocycles. The lowest BCUT2D eigenvalue weighted by molar-refractivity contribution is 0.249. The van der Waals surface area contributed by atoms with E-state index in [0.717, 1.165) is 38.5 Å². The molecule has 20 heavy (non-hydrogen) atoms. The number of nitrogens with zero attached hydrogens (tertiary/aromatic N) is 3. The van der Waals surface area contributed by atoms with Crippen LogP contribution in [0.15, 0.2) is 29.1 Å². The number of rotatable bonds is 3. The maximum absolute atomic E-state index is 6.21. The molecule has 1 fully saturated rings. The van der Waals surface area contributed by atoms with Crippen LogP contribution < -0.4 is 4.90 Å². The number of piperazine rings is 1. The van der Waals surface area contributed by atoms with Crippen molar-refractivity contribution in [2.24, 2.45) is 0 Å². The first-order valence-corrected chi connectivity index (χ1v) is 8.21. The Morgan fingerprint density at radius 3 is 2.65 bits per heavy atom. The minimum atomic E-state index is 0.579. The lowest BCUT2D eigenvalue weighted by atomic mass is 10.2. The fraction of sp³-hybridized carbons (Fsp3) is 0.357.